The van der Waals surface area contributed by atoms with Crippen LogP contribution in [0.2, 0.25) is 0 Å². The van der Waals surface area contributed by atoms with E-state index in [2.05, 4.69) is 6.07 Å². The molecule has 0 aliphatic heterocycles. The first-order valence-corrected chi connectivity index (χ1v) is 6.92. The molecule has 0 spiro atoms. The number of aliphatic hydroxyl groups excluding tert-OH is 1. The third-order valence-electron chi connectivity index (χ3n) is 5.04. The first-order chi connectivity index (χ1) is 9.06. The molecule has 1 aromatic carbocycles. The molecule has 2 fully saturated rings. The summed E-state index contributed by atoms with van der Waals surface area (Å²) >= 11 is 0. The second-order valence-corrected chi connectivity index (χ2v) is 6.16. The van der Waals surface area contributed by atoms with Crippen molar-refractivity contribution in [3.05, 3.63) is 35.1 Å². The van der Waals surface area contributed by atoms with E-state index in [1.54, 1.807) is 12.1 Å². The summed E-state index contributed by atoms with van der Waals surface area (Å²) in [5.41, 5.74) is 0.415. The van der Waals surface area contributed by atoms with Crippen molar-refractivity contribution in [3.8, 4) is 6.07 Å². The van der Waals surface area contributed by atoms with Crippen LogP contribution in [-0.4, -0.2) is 5.11 Å². The number of fused-ring (bicyclic) bond motifs is 2. The fourth-order valence-electron chi connectivity index (χ4n) is 4.06. The van der Waals surface area contributed by atoms with Crippen molar-refractivity contribution in [2.45, 2.75) is 38.7 Å². The van der Waals surface area contributed by atoms with Crippen LogP contribution >= 0.6 is 0 Å². The Hall–Kier alpha value is -1.40. The first-order valence-electron chi connectivity index (χ1n) is 6.92. The van der Waals surface area contributed by atoms with Gasteiger partial charge in [0.1, 0.15) is 11.9 Å². The van der Waals surface area contributed by atoms with Gasteiger partial charge in [-0.15, -0.1) is 0 Å². The third-order valence-corrected chi connectivity index (χ3v) is 5.04. The molecule has 1 aromatic rings. The number of hydrogen-bond donors (Lipinski definition) is 1. The van der Waals surface area contributed by atoms with E-state index < -0.39 is 17.3 Å². The molecule has 2 aliphatic carbocycles. The Labute approximate surface area is 112 Å². The lowest BCUT2D eigenvalue weighted by molar-refractivity contribution is 0.0208. The molecule has 0 radical (unpaired) electrons. The molecule has 4 unspecified atom stereocenters. The summed E-state index contributed by atoms with van der Waals surface area (Å²) in [6.07, 6.45) is 2.85. The Bertz CT molecular complexity index is 550. The van der Waals surface area contributed by atoms with Gasteiger partial charge in [0, 0.05) is 5.56 Å². The van der Waals surface area contributed by atoms with Crippen molar-refractivity contribution in [2.24, 2.45) is 17.3 Å². The van der Waals surface area contributed by atoms with Gasteiger partial charge in [-0.25, -0.2) is 4.39 Å². The van der Waals surface area contributed by atoms with Crippen LogP contribution in [-0.2, 0) is 0 Å². The second kappa shape index (κ2) is 4.31. The number of aliphatic hydroxyl groups is 1. The monoisotopic (exact) mass is 259 g/mol. The highest BCUT2D eigenvalue weighted by atomic mass is 19.1. The van der Waals surface area contributed by atoms with Gasteiger partial charge in [0.15, 0.2) is 0 Å². The van der Waals surface area contributed by atoms with Gasteiger partial charge >= 0.3 is 0 Å². The summed E-state index contributed by atoms with van der Waals surface area (Å²) in [7, 11) is 0. The van der Waals surface area contributed by atoms with E-state index in [4.69, 9.17) is 0 Å². The van der Waals surface area contributed by atoms with Crippen LogP contribution in [0.15, 0.2) is 18.2 Å². The molecule has 1 N–H and O–H groups in total. The lowest BCUT2D eigenvalue weighted by atomic mass is 9.68. The normalized spacial score (nSPS) is 34.2. The van der Waals surface area contributed by atoms with Crippen molar-refractivity contribution in [2.75, 3.05) is 0 Å². The largest absolute Gasteiger partial charge is 0.387 e. The maximum atomic E-state index is 14.0. The topological polar surface area (TPSA) is 44.0 Å². The SMILES string of the molecule is Cc1ccc(F)c(C(O)C2(C#N)CC3CCC2C3)c1. The number of nitriles is 1. The van der Waals surface area contributed by atoms with Gasteiger partial charge in [-0.3, -0.25) is 0 Å². The zero-order chi connectivity index (χ0) is 13.6. The van der Waals surface area contributed by atoms with Crippen molar-refractivity contribution < 1.29 is 9.50 Å². The number of hydrogen-bond acceptors (Lipinski definition) is 2. The van der Waals surface area contributed by atoms with Crippen molar-refractivity contribution in [1.29, 1.82) is 5.26 Å². The predicted molar refractivity (Wildman–Crippen MR) is 69.6 cm³/mol. The van der Waals surface area contributed by atoms with E-state index in [0.717, 1.165) is 24.8 Å². The number of nitrogens with zero attached hydrogens (tertiary/aromatic N) is 1. The second-order valence-electron chi connectivity index (χ2n) is 6.16. The Morgan fingerprint density at radius 2 is 2.26 bits per heavy atom. The van der Waals surface area contributed by atoms with E-state index in [0.29, 0.717) is 12.3 Å². The zero-order valence-electron chi connectivity index (χ0n) is 11.1. The minimum Gasteiger partial charge on any atom is -0.387 e. The van der Waals surface area contributed by atoms with Crippen LogP contribution in [0.4, 0.5) is 4.39 Å². The van der Waals surface area contributed by atoms with Crippen LogP contribution < -0.4 is 0 Å². The summed E-state index contributed by atoms with van der Waals surface area (Å²) in [4.78, 5) is 0. The molecule has 3 rings (SSSR count). The molecule has 0 heterocycles. The fourth-order valence-corrected chi connectivity index (χ4v) is 4.06. The summed E-state index contributed by atoms with van der Waals surface area (Å²) in [6, 6.07) is 7.08. The Balaban J connectivity index is 2.01. The quantitative estimate of drug-likeness (QED) is 0.883. The molecule has 3 heteroatoms. The highest BCUT2D eigenvalue weighted by Crippen LogP contribution is 2.60. The summed E-state index contributed by atoms with van der Waals surface area (Å²) in [5, 5.41) is 20.2. The van der Waals surface area contributed by atoms with Crippen molar-refractivity contribution >= 4 is 0 Å². The molecule has 2 bridgehead atoms. The lowest BCUT2D eigenvalue weighted by Crippen LogP contribution is -2.33. The van der Waals surface area contributed by atoms with Crippen molar-refractivity contribution in [3.63, 3.8) is 0 Å². The minimum atomic E-state index is -1.01. The smallest absolute Gasteiger partial charge is 0.129 e. The van der Waals surface area contributed by atoms with Gasteiger partial charge in [-0.05, 0) is 44.1 Å². The molecule has 2 nitrogen and oxygen atoms in total. The summed E-state index contributed by atoms with van der Waals surface area (Å²) < 4.78 is 14.0. The highest BCUT2D eigenvalue weighted by molar-refractivity contribution is 5.31. The molecule has 2 aliphatic rings. The summed E-state index contributed by atoms with van der Waals surface area (Å²) in [5.74, 6) is 0.347. The number of halogens is 1. The Morgan fingerprint density at radius 3 is 2.84 bits per heavy atom. The van der Waals surface area contributed by atoms with E-state index in [9.17, 15) is 14.8 Å². The summed E-state index contributed by atoms with van der Waals surface area (Å²) in [6.45, 7) is 1.87. The lowest BCUT2D eigenvalue weighted by Gasteiger charge is -2.35. The number of rotatable bonds is 2. The zero-order valence-corrected chi connectivity index (χ0v) is 11.1. The maximum absolute atomic E-state index is 14.0. The average Bonchev–Trinajstić information content (AvgIpc) is 3.01. The standard InChI is InChI=1S/C16H18FNO/c1-10-2-5-14(17)13(6-10)15(19)16(9-18)8-11-3-4-12(16)7-11/h2,5-6,11-12,15,19H,3-4,7-8H2,1H3. The first kappa shape index (κ1) is 12.6. The minimum absolute atomic E-state index is 0.220. The van der Waals surface area contributed by atoms with E-state index in [1.165, 1.54) is 6.07 Å². The number of aryl methyl sites for hydroxylation is 1. The third kappa shape index (κ3) is 1.78. The Kier molecular flexibility index (Phi) is 2.87. The van der Waals surface area contributed by atoms with Crippen LogP contribution in [0.1, 0.15) is 42.9 Å². The Morgan fingerprint density at radius 1 is 1.47 bits per heavy atom. The van der Waals surface area contributed by atoms with E-state index >= 15 is 0 Å². The van der Waals surface area contributed by atoms with Crippen LogP contribution in [0.5, 0.6) is 0 Å². The van der Waals surface area contributed by atoms with Crippen LogP contribution in [0.3, 0.4) is 0 Å². The molecule has 19 heavy (non-hydrogen) atoms. The van der Waals surface area contributed by atoms with Crippen LogP contribution in [0.25, 0.3) is 0 Å². The highest BCUT2D eigenvalue weighted by Gasteiger charge is 2.56. The number of benzene rings is 1. The molecule has 2 saturated carbocycles. The van der Waals surface area contributed by atoms with Gasteiger partial charge in [0.05, 0.1) is 11.5 Å². The average molecular weight is 259 g/mol. The predicted octanol–water partition coefficient (Wildman–Crippen LogP) is 3.50. The molecular weight excluding hydrogens is 241 g/mol. The van der Waals surface area contributed by atoms with Gasteiger partial charge < -0.3 is 5.11 Å². The van der Waals surface area contributed by atoms with Gasteiger partial charge in [0.2, 0.25) is 0 Å². The van der Waals surface area contributed by atoms with Crippen LogP contribution in [0, 0.1) is 41.3 Å². The van der Waals surface area contributed by atoms with Crippen molar-refractivity contribution in [1.82, 2.24) is 0 Å². The van der Waals surface area contributed by atoms with Gasteiger partial charge in [-0.1, -0.05) is 24.1 Å². The van der Waals surface area contributed by atoms with E-state index in [1.807, 2.05) is 6.92 Å². The van der Waals surface area contributed by atoms with Gasteiger partial charge in [-0.2, -0.15) is 5.26 Å². The molecular formula is C16H18FNO. The molecule has 0 aromatic heterocycles. The van der Waals surface area contributed by atoms with E-state index in [-0.39, 0.29) is 11.5 Å². The molecule has 0 saturated heterocycles. The molecule has 0 amide bonds. The maximum Gasteiger partial charge on any atom is 0.129 e. The van der Waals surface area contributed by atoms with Gasteiger partial charge in [0.25, 0.3) is 0 Å². The fraction of sp³-hybridized carbons (Fsp3) is 0.562. The molecule has 4 atom stereocenters. The molecule has 100 valence electrons.